The third kappa shape index (κ3) is 4.98. The van der Waals surface area contributed by atoms with Crippen molar-refractivity contribution in [3.05, 3.63) is 48.1 Å². The van der Waals surface area contributed by atoms with Crippen LogP contribution in [0.4, 0.5) is 23.1 Å². The van der Waals surface area contributed by atoms with Crippen LogP contribution in [0, 0.1) is 0 Å². The molecule has 0 spiro atoms. The first-order valence-electron chi connectivity index (χ1n) is 8.87. The standard InChI is InChI=1S/C19H21ClN6O2/c1-2-17(28)23-15-7-3-4-8-16(15)24-18-14(20)10-21-19(25-18)22-13-6-5-9-26(11-13)12-27/h2-4,7-8,10,12-13H,1,5-6,9,11H2,(H,23,28)(H2,21,22,24,25). The Kier molecular flexibility index (Phi) is 6.44. The Morgan fingerprint density at radius 3 is 2.86 bits per heavy atom. The monoisotopic (exact) mass is 400 g/mol. The van der Waals surface area contributed by atoms with Gasteiger partial charge in [-0.1, -0.05) is 30.3 Å². The summed E-state index contributed by atoms with van der Waals surface area (Å²) in [6.45, 7) is 4.83. The lowest BCUT2D eigenvalue weighted by molar-refractivity contribution is -0.119. The van der Waals surface area contributed by atoms with E-state index < -0.39 is 0 Å². The molecule has 1 saturated heterocycles. The van der Waals surface area contributed by atoms with Crippen molar-refractivity contribution in [2.75, 3.05) is 29.0 Å². The van der Waals surface area contributed by atoms with Gasteiger partial charge in [0.2, 0.25) is 18.3 Å². The molecular formula is C19H21ClN6O2. The largest absolute Gasteiger partial charge is 0.350 e. The van der Waals surface area contributed by atoms with Gasteiger partial charge in [-0.25, -0.2) is 4.98 Å². The molecular weight excluding hydrogens is 380 g/mol. The smallest absolute Gasteiger partial charge is 0.247 e. The highest BCUT2D eigenvalue weighted by atomic mass is 35.5. The van der Waals surface area contributed by atoms with E-state index in [1.165, 1.54) is 12.3 Å². The van der Waals surface area contributed by atoms with E-state index in [1.807, 2.05) is 6.07 Å². The fourth-order valence-electron chi connectivity index (χ4n) is 2.94. The lowest BCUT2D eigenvalue weighted by atomic mass is 10.1. The molecule has 3 rings (SSSR count). The van der Waals surface area contributed by atoms with Crippen molar-refractivity contribution < 1.29 is 9.59 Å². The molecule has 0 saturated carbocycles. The molecule has 1 aromatic carbocycles. The van der Waals surface area contributed by atoms with Crippen LogP contribution in [0.3, 0.4) is 0 Å². The molecule has 1 unspecified atom stereocenters. The number of anilines is 4. The number of rotatable bonds is 7. The molecule has 2 aromatic rings. The maximum atomic E-state index is 11.6. The Morgan fingerprint density at radius 1 is 1.32 bits per heavy atom. The van der Waals surface area contributed by atoms with Crippen LogP contribution in [-0.2, 0) is 9.59 Å². The number of carbonyl (C=O) groups excluding carboxylic acids is 2. The normalized spacial score (nSPS) is 16.2. The minimum absolute atomic E-state index is 0.0761. The van der Waals surface area contributed by atoms with E-state index in [1.54, 1.807) is 23.1 Å². The van der Waals surface area contributed by atoms with Gasteiger partial charge in [-0.3, -0.25) is 9.59 Å². The van der Waals surface area contributed by atoms with Gasteiger partial charge in [-0.15, -0.1) is 0 Å². The highest BCUT2D eigenvalue weighted by molar-refractivity contribution is 6.33. The molecule has 0 bridgehead atoms. The summed E-state index contributed by atoms with van der Waals surface area (Å²) in [5.74, 6) is 0.502. The average molecular weight is 401 g/mol. The van der Waals surface area contributed by atoms with Crippen LogP contribution in [0.1, 0.15) is 12.8 Å². The molecule has 28 heavy (non-hydrogen) atoms. The molecule has 1 aliphatic rings. The minimum atomic E-state index is -0.317. The molecule has 9 heteroatoms. The number of piperidine rings is 1. The maximum Gasteiger partial charge on any atom is 0.247 e. The molecule has 1 atom stereocenters. The fraction of sp³-hybridized carbons (Fsp3) is 0.263. The van der Waals surface area contributed by atoms with Crippen molar-refractivity contribution in [2.45, 2.75) is 18.9 Å². The van der Waals surface area contributed by atoms with E-state index in [4.69, 9.17) is 11.6 Å². The Hall–Kier alpha value is -3.13. The molecule has 1 aromatic heterocycles. The first kappa shape index (κ1) is 19.6. The zero-order valence-corrected chi connectivity index (χ0v) is 15.9. The second kappa shape index (κ2) is 9.18. The summed E-state index contributed by atoms with van der Waals surface area (Å²) in [4.78, 5) is 33.0. The number of nitrogens with one attached hydrogen (secondary N) is 3. The van der Waals surface area contributed by atoms with Crippen molar-refractivity contribution >= 4 is 47.1 Å². The summed E-state index contributed by atoms with van der Waals surface area (Å²) in [5.41, 5.74) is 1.21. The number of aromatic nitrogens is 2. The molecule has 1 fully saturated rings. The molecule has 2 amide bonds. The van der Waals surface area contributed by atoms with E-state index in [-0.39, 0.29) is 11.9 Å². The lowest BCUT2D eigenvalue weighted by Gasteiger charge is -2.30. The van der Waals surface area contributed by atoms with Crippen LogP contribution in [0.25, 0.3) is 0 Å². The number of halogens is 1. The van der Waals surface area contributed by atoms with Crippen molar-refractivity contribution in [3.63, 3.8) is 0 Å². The Morgan fingerprint density at radius 2 is 2.11 bits per heavy atom. The summed E-state index contributed by atoms with van der Waals surface area (Å²) < 4.78 is 0. The van der Waals surface area contributed by atoms with Crippen LogP contribution >= 0.6 is 11.6 Å². The second-order valence-electron chi connectivity index (χ2n) is 6.34. The molecule has 2 heterocycles. The Labute approximate surface area is 168 Å². The van der Waals surface area contributed by atoms with Gasteiger partial charge in [-0.2, -0.15) is 4.98 Å². The van der Waals surface area contributed by atoms with Crippen molar-refractivity contribution in [1.82, 2.24) is 14.9 Å². The van der Waals surface area contributed by atoms with Crippen LogP contribution in [0.5, 0.6) is 0 Å². The van der Waals surface area contributed by atoms with Crippen molar-refractivity contribution in [2.24, 2.45) is 0 Å². The predicted molar refractivity (Wildman–Crippen MR) is 110 cm³/mol. The summed E-state index contributed by atoms with van der Waals surface area (Å²) in [6, 6.07) is 7.27. The number of nitrogens with zero attached hydrogens (tertiary/aromatic N) is 3. The van der Waals surface area contributed by atoms with Crippen LogP contribution in [-0.4, -0.2) is 46.3 Å². The molecule has 0 radical (unpaired) electrons. The summed E-state index contributed by atoms with van der Waals surface area (Å²) in [6.07, 6.45) is 5.41. The molecule has 0 aliphatic carbocycles. The summed E-state index contributed by atoms with van der Waals surface area (Å²) in [5, 5.41) is 9.45. The van der Waals surface area contributed by atoms with E-state index in [9.17, 15) is 9.59 Å². The van der Waals surface area contributed by atoms with Crippen LogP contribution in [0.15, 0.2) is 43.1 Å². The number of hydrogen-bond donors (Lipinski definition) is 3. The van der Waals surface area contributed by atoms with Crippen LogP contribution in [0.2, 0.25) is 5.02 Å². The van der Waals surface area contributed by atoms with E-state index in [0.717, 1.165) is 25.8 Å². The lowest BCUT2D eigenvalue weighted by Crippen LogP contribution is -2.41. The topological polar surface area (TPSA) is 99.2 Å². The zero-order chi connectivity index (χ0) is 19.9. The average Bonchev–Trinajstić information content (AvgIpc) is 2.72. The number of hydrogen-bond acceptors (Lipinski definition) is 6. The molecule has 3 N–H and O–H groups in total. The third-order valence-corrected chi connectivity index (χ3v) is 4.58. The highest BCUT2D eigenvalue weighted by Gasteiger charge is 2.19. The van der Waals surface area contributed by atoms with Crippen LogP contribution < -0.4 is 16.0 Å². The summed E-state index contributed by atoms with van der Waals surface area (Å²) in [7, 11) is 0. The summed E-state index contributed by atoms with van der Waals surface area (Å²) >= 11 is 6.25. The Balaban J connectivity index is 1.76. The fourth-order valence-corrected chi connectivity index (χ4v) is 3.08. The quantitative estimate of drug-likeness (QED) is 0.488. The van der Waals surface area contributed by atoms with Gasteiger partial charge in [0.15, 0.2) is 5.82 Å². The van der Waals surface area contributed by atoms with Crippen molar-refractivity contribution in [1.29, 1.82) is 0 Å². The molecule has 8 nitrogen and oxygen atoms in total. The van der Waals surface area contributed by atoms with E-state index >= 15 is 0 Å². The number of para-hydroxylation sites is 2. The number of likely N-dealkylation sites (tertiary alicyclic amines) is 1. The van der Waals surface area contributed by atoms with Gasteiger partial charge in [0, 0.05) is 19.1 Å². The highest BCUT2D eigenvalue weighted by Crippen LogP contribution is 2.29. The van der Waals surface area contributed by atoms with E-state index in [2.05, 4.69) is 32.5 Å². The third-order valence-electron chi connectivity index (χ3n) is 4.30. The van der Waals surface area contributed by atoms with Gasteiger partial charge in [-0.05, 0) is 31.1 Å². The van der Waals surface area contributed by atoms with E-state index in [0.29, 0.717) is 34.7 Å². The minimum Gasteiger partial charge on any atom is -0.350 e. The number of benzene rings is 1. The SMILES string of the molecule is C=CC(=O)Nc1ccccc1Nc1nc(NC2CCCN(C=O)C2)ncc1Cl. The maximum absolute atomic E-state index is 11.6. The van der Waals surface area contributed by atoms with Gasteiger partial charge in [0.25, 0.3) is 0 Å². The first-order valence-corrected chi connectivity index (χ1v) is 9.24. The first-order chi connectivity index (χ1) is 13.6. The van der Waals surface area contributed by atoms with Crippen molar-refractivity contribution in [3.8, 4) is 0 Å². The number of carbonyl (C=O) groups is 2. The van der Waals surface area contributed by atoms with Gasteiger partial charge >= 0.3 is 0 Å². The Bertz CT molecular complexity index is 875. The zero-order valence-electron chi connectivity index (χ0n) is 15.2. The van der Waals surface area contributed by atoms with Gasteiger partial charge in [0.05, 0.1) is 17.6 Å². The van der Waals surface area contributed by atoms with Gasteiger partial charge < -0.3 is 20.9 Å². The second-order valence-corrected chi connectivity index (χ2v) is 6.75. The number of amides is 2. The predicted octanol–water partition coefficient (Wildman–Crippen LogP) is 3.03. The molecule has 1 aliphatic heterocycles. The molecule has 146 valence electrons. The van der Waals surface area contributed by atoms with Gasteiger partial charge in [0.1, 0.15) is 5.02 Å².